The van der Waals surface area contributed by atoms with Crippen molar-refractivity contribution in [3.63, 3.8) is 0 Å². The molecule has 2 aromatic rings. The molecule has 25 heavy (non-hydrogen) atoms. The fourth-order valence-corrected chi connectivity index (χ4v) is 3.53. The highest BCUT2D eigenvalue weighted by Crippen LogP contribution is 2.41. The maximum Gasteiger partial charge on any atom is 0.122 e. The zero-order valence-electron chi connectivity index (χ0n) is 15.9. The van der Waals surface area contributed by atoms with Gasteiger partial charge in [0.1, 0.15) is 11.5 Å². The Labute approximate surface area is 152 Å². The minimum absolute atomic E-state index is 0.0333. The summed E-state index contributed by atoms with van der Waals surface area (Å²) in [6.07, 6.45) is 8.38. The summed E-state index contributed by atoms with van der Waals surface area (Å²) in [4.78, 5) is 0. The van der Waals surface area contributed by atoms with Crippen molar-refractivity contribution in [3.8, 4) is 11.5 Å². The van der Waals surface area contributed by atoms with Gasteiger partial charge in [0.2, 0.25) is 0 Å². The Hall–Kier alpha value is -1.96. The first-order valence-electron chi connectivity index (χ1n) is 9.63. The SMILES string of the molecule is CCCCCCCCC(c1cccc(C)c1O)c1cccc(C)c1O. The molecule has 0 atom stereocenters. The molecule has 0 saturated carbocycles. The zero-order chi connectivity index (χ0) is 18.2. The lowest BCUT2D eigenvalue weighted by Gasteiger charge is -2.22. The van der Waals surface area contributed by atoms with E-state index in [0.717, 1.165) is 35.1 Å². The van der Waals surface area contributed by atoms with E-state index in [9.17, 15) is 10.2 Å². The van der Waals surface area contributed by atoms with Gasteiger partial charge in [-0.25, -0.2) is 0 Å². The molecule has 0 aromatic heterocycles. The van der Waals surface area contributed by atoms with Gasteiger partial charge in [-0.15, -0.1) is 0 Å². The predicted molar refractivity (Wildman–Crippen MR) is 106 cm³/mol. The molecular weight excluding hydrogens is 308 g/mol. The second-order valence-corrected chi connectivity index (χ2v) is 7.13. The summed E-state index contributed by atoms with van der Waals surface area (Å²) in [7, 11) is 0. The van der Waals surface area contributed by atoms with Gasteiger partial charge in [-0.1, -0.05) is 81.8 Å². The van der Waals surface area contributed by atoms with Gasteiger partial charge in [0.15, 0.2) is 0 Å². The Morgan fingerprint density at radius 3 is 1.72 bits per heavy atom. The number of para-hydroxylation sites is 2. The van der Waals surface area contributed by atoms with Crippen LogP contribution in [-0.4, -0.2) is 10.2 Å². The number of hydrogen-bond donors (Lipinski definition) is 2. The van der Waals surface area contributed by atoms with Crippen LogP contribution < -0.4 is 0 Å². The normalized spacial score (nSPS) is 11.2. The van der Waals surface area contributed by atoms with Crippen LogP contribution in [0.25, 0.3) is 0 Å². The molecule has 0 bridgehead atoms. The Morgan fingerprint density at radius 1 is 0.720 bits per heavy atom. The first-order chi connectivity index (χ1) is 12.1. The summed E-state index contributed by atoms with van der Waals surface area (Å²) < 4.78 is 0. The summed E-state index contributed by atoms with van der Waals surface area (Å²) in [5, 5.41) is 21.2. The van der Waals surface area contributed by atoms with Crippen molar-refractivity contribution < 1.29 is 10.2 Å². The summed E-state index contributed by atoms with van der Waals surface area (Å²) in [5.74, 6) is 0.754. The van der Waals surface area contributed by atoms with Crippen LogP contribution in [0.5, 0.6) is 11.5 Å². The zero-order valence-corrected chi connectivity index (χ0v) is 15.9. The van der Waals surface area contributed by atoms with E-state index in [0.29, 0.717) is 11.5 Å². The third-order valence-corrected chi connectivity index (χ3v) is 5.14. The van der Waals surface area contributed by atoms with Gasteiger partial charge >= 0.3 is 0 Å². The lowest BCUT2D eigenvalue weighted by Crippen LogP contribution is -2.04. The van der Waals surface area contributed by atoms with Crippen LogP contribution in [0.1, 0.15) is 80.0 Å². The van der Waals surface area contributed by atoms with Crippen LogP contribution in [0.15, 0.2) is 36.4 Å². The van der Waals surface area contributed by atoms with Crippen LogP contribution in [0.3, 0.4) is 0 Å². The van der Waals surface area contributed by atoms with E-state index in [-0.39, 0.29) is 5.92 Å². The van der Waals surface area contributed by atoms with Gasteiger partial charge in [0, 0.05) is 17.0 Å². The van der Waals surface area contributed by atoms with Crippen LogP contribution in [-0.2, 0) is 0 Å². The van der Waals surface area contributed by atoms with E-state index in [4.69, 9.17) is 0 Å². The Morgan fingerprint density at radius 2 is 1.20 bits per heavy atom. The van der Waals surface area contributed by atoms with Crippen LogP contribution >= 0.6 is 0 Å². The molecule has 2 heteroatoms. The second kappa shape index (κ2) is 9.50. The van der Waals surface area contributed by atoms with Crippen molar-refractivity contribution in [3.05, 3.63) is 58.7 Å². The Bertz CT molecular complexity index is 624. The maximum absolute atomic E-state index is 10.6. The van der Waals surface area contributed by atoms with E-state index in [1.165, 1.54) is 32.1 Å². The highest BCUT2D eigenvalue weighted by molar-refractivity contribution is 5.50. The quantitative estimate of drug-likeness (QED) is 0.505. The van der Waals surface area contributed by atoms with E-state index in [2.05, 4.69) is 6.92 Å². The van der Waals surface area contributed by atoms with Gasteiger partial charge in [0.05, 0.1) is 0 Å². The number of aryl methyl sites for hydroxylation is 2. The van der Waals surface area contributed by atoms with Crippen molar-refractivity contribution in [2.75, 3.05) is 0 Å². The number of hydrogen-bond acceptors (Lipinski definition) is 2. The van der Waals surface area contributed by atoms with Crippen LogP contribution in [0.4, 0.5) is 0 Å². The van der Waals surface area contributed by atoms with Gasteiger partial charge < -0.3 is 10.2 Å². The number of phenolic OH excluding ortho intramolecular Hbond substituents is 2. The van der Waals surface area contributed by atoms with Crippen molar-refractivity contribution in [1.82, 2.24) is 0 Å². The largest absolute Gasteiger partial charge is 0.507 e. The van der Waals surface area contributed by atoms with Crippen molar-refractivity contribution in [2.45, 2.75) is 71.6 Å². The minimum atomic E-state index is 0.0333. The van der Waals surface area contributed by atoms with Crippen LogP contribution in [0, 0.1) is 13.8 Å². The third kappa shape index (κ3) is 5.01. The van der Waals surface area contributed by atoms with Crippen molar-refractivity contribution in [2.24, 2.45) is 0 Å². The highest BCUT2D eigenvalue weighted by atomic mass is 16.3. The number of benzene rings is 2. The first-order valence-corrected chi connectivity index (χ1v) is 9.63. The topological polar surface area (TPSA) is 40.5 Å². The number of aromatic hydroxyl groups is 2. The minimum Gasteiger partial charge on any atom is -0.507 e. The summed E-state index contributed by atoms with van der Waals surface area (Å²) in [6.45, 7) is 6.09. The molecule has 0 fully saturated rings. The van der Waals surface area contributed by atoms with E-state index < -0.39 is 0 Å². The maximum atomic E-state index is 10.6. The van der Waals surface area contributed by atoms with Gasteiger partial charge in [-0.3, -0.25) is 0 Å². The molecule has 0 saturated heterocycles. The molecular formula is C23H32O2. The molecule has 0 heterocycles. The molecule has 2 rings (SSSR count). The molecule has 2 N–H and O–H groups in total. The fraction of sp³-hybridized carbons (Fsp3) is 0.478. The van der Waals surface area contributed by atoms with E-state index in [1.54, 1.807) is 0 Å². The van der Waals surface area contributed by atoms with Gasteiger partial charge in [-0.05, 0) is 31.4 Å². The average molecular weight is 341 g/mol. The molecule has 2 nitrogen and oxygen atoms in total. The summed E-state index contributed by atoms with van der Waals surface area (Å²) >= 11 is 0. The lowest BCUT2D eigenvalue weighted by molar-refractivity contribution is 0.443. The molecule has 0 amide bonds. The van der Waals surface area contributed by atoms with Crippen molar-refractivity contribution in [1.29, 1.82) is 0 Å². The van der Waals surface area contributed by atoms with Crippen molar-refractivity contribution >= 4 is 0 Å². The lowest BCUT2D eigenvalue weighted by atomic mass is 9.84. The fourth-order valence-electron chi connectivity index (χ4n) is 3.53. The summed E-state index contributed by atoms with van der Waals surface area (Å²) in [5.41, 5.74) is 3.62. The molecule has 136 valence electrons. The molecule has 0 spiro atoms. The Balaban J connectivity index is 2.23. The predicted octanol–water partition coefficient (Wildman–Crippen LogP) is 6.60. The molecule has 0 aliphatic heterocycles. The first kappa shape index (κ1) is 19.4. The molecule has 0 aliphatic rings. The molecule has 0 unspecified atom stereocenters. The standard InChI is InChI=1S/C23H32O2/c1-4-5-6-7-8-9-14-19(20-15-10-12-17(2)22(20)24)21-16-11-13-18(3)23(21)25/h10-13,15-16,19,24-25H,4-9,14H2,1-3H3. The number of unbranched alkanes of at least 4 members (excludes halogenated alkanes) is 5. The third-order valence-electron chi connectivity index (χ3n) is 5.14. The highest BCUT2D eigenvalue weighted by Gasteiger charge is 2.21. The smallest absolute Gasteiger partial charge is 0.122 e. The van der Waals surface area contributed by atoms with E-state index in [1.807, 2.05) is 50.2 Å². The number of rotatable bonds is 9. The van der Waals surface area contributed by atoms with Gasteiger partial charge in [0.25, 0.3) is 0 Å². The van der Waals surface area contributed by atoms with Gasteiger partial charge in [-0.2, -0.15) is 0 Å². The number of phenols is 2. The van der Waals surface area contributed by atoms with E-state index >= 15 is 0 Å². The average Bonchev–Trinajstić information content (AvgIpc) is 2.60. The monoisotopic (exact) mass is 340 g/mol. The Kier molecular flexibility index (Phi) is 7.36. The van der Waals surface area contributed by atoms with Crippen LogP contribution in [0.2, 0.25) is 0 Å². The molecule has 2 aromatic carbocycles. The second-order valence-electron chi connectivity index (χ2n) is 7.13. The molecule has 0 aliphatic carbocycles. The molecule has 0 radical (unpaired) electrons. The summed E-state index contributed by atoms with van der Waals surface area (Å²) in [6, 6.07) is 11.8.